The second-order valence-electron chi connectivity index (χ2n) is 18.3. The molecule has 67 heavy (non-hydrogen) atoms. The number of hydrogen-bond donors (Lipinski definition) is 2. The summed E-state index contributed by atoms with van der Waals surface area (Å²) in [5, 5.41) is 6.13. The van der Waals surface area contributed by atoms with Crippen molar-refractivity contribution in [2.24, 2.45) is 10.4 Å². The third-order valence-corrected chi connectivity index (χ3v) is 15.2. The summed E-state index contributed by atoms with van der Waals surface area (Å²) in [6.07, 6.45) is 8.46. The van der Waals surface area contributed by atoms with Crippen LogP contribution >= 0.6 is 11.8 Å². The number of likely N-dealkylation sites (tertiary alicyclic amines) is 1. The minimum atomic E-state index is -0.881. The van der Waals surface area contributed by atoms with Crippen molar-refractivity contribution in [2.45, 2.75) is 100 Å². The minimum Gasteiger partial charge on any atom is -0.369 e. The van der Waals surface area contributed by atoms with Crippen molar-refractivity contribution in [3.8, 4) is 11.3 Å². The number of carbonyl (C=O) groups excluding carboxylic acids is 4. The Bertz CT molecular complexity index is 2470. The number of carbonyl (C=O) groups is 4. The molecule has 3 aromatic carbocycles. The van der Waals surface area contributed by atoms with E-state index in [0.717, 1.165) is 74.5 Å². The molecule has 2 aliphatic heterocycles. The maximum Gasteiger partial charge on any atom is 0.255 e. The number of halogens is 3. The number of amidine groups is 1. The summed E-state index contributed by atoms with van der Waals surface area (Å²) < 4.78 is 45.5. The fourth-order valence-electron chi connectivity index (χ4n) is 9.33. The number of aromatic nitrogens is 2. The van der Waals surface area contributed by atoms with Crippen LogP contribution < -0.4 is 15.5 Å². The first kappa shape index (κ1) is 49.1. The van der Waals surface area contributed by atoms with E-state index in [1.165, 1.54) is 37.2 Å². The van der Waals surface area contributed by atoms with Gasteiger partial charge in [0.05, 0.1) is 23.5 Å². The Morgan fingerprint density at radius 2 is 1.64 bits per heavy atom. The number of nitrogens with one attached hydrogen (secondary N) is 2. The van der Waals surface area contributed by atoms with Crippen molar-refractivity contribution in [1.29, 1.82) is 0 Å². The maximum atomic E-state index is 15.5. The zero-order valence-electron chi connectivity index (χ0n) is 39.0. The molecule has 0 radical (unpaired) electrons. The van der Waals surface area contributed by atoms with Gasteiger partial charge in [0.1, 0.15) is 35.1 Å². The lowest BCUT2D eigenvalue weighted by Gasteiger charge is -2.56. The third-order valence-electron chi connectivity index (χ3n) is 13.8. The summed E-state index contributed by atoms with van der Waals surface area (Å²) in [6.45, 7) is 9.17. The van der Waals surface area contributed by atoms with E-state index in [1.807, 2.05) is 61.5 Å². The van der Waals surface area contributed by atoms with Crippen LogP contribution in [0.5, 0.6) is 0 Å². The molecule has 356 valence electrons. The molecule has 3 fully saturated rings. The van der Waals surface area contributed by atoms with Crippen LogP contribution in [0.2, 0.25) is 0 Å². The van der Waals surface area contributed by atoms with Crippen LogP contribution in [-0.2, 0) is 9.59 Å². The number of aldehydes is 2. The van der Waals surface area contributed by atoms with Crippen LogP contribution in [0.4, 0.5) is 36.2 Å². The van der Waals surface area contributed by atoms with Crippen LogP contribution in [0.1, 0.15) is 92.9 Å². The Kier molecular flexibility index (Phi) is 15.7. The molecule has 2 saturated heterocycles. The normalized spacial score (nSPS) is 17.2. The van der Waals surface area contributed by atoms with E-state index in [9.17, 15) is 23.6 Å². The summed E-state index contributed by atoms with van der Waals surface area (Å²) >= 11 is 1.87. The van der Waals surface area contributed by atoms with Crippen molar-refractivity contribution in [2.75, 3.05) is 57.5 Å². The summed E-state index contributed by atoms with van der Waals surface area (Å²) in [5.41, 5.74) is 1.58. The van der Waals surface area contributed by atoms with Gasteiger partial charge in [-0.1, -0.05) is 6.07 Å². The lowest BCUT2D eigenvalue weighted by molar-refractivity contribution is -0.121. The molecule has 7 rings (SSSR count). The second kappa shape index (κ2) is 21.4. The van der Waals surface area contributed by atoms with Gasteiger partial charge in [-0.05, 0) is 133 Å². The molecule has 2 amide bonds. The molecule has 3 aliphatic rings. The Labute approximate surface area is 395 Å². The van der Waals surface area contributed by atoms with Gasteiger partial charge in [-0.3, -0.25) is 14.4 Å². The summed E-state index contributed by atoms with van der Waals surface area (Å²) in [5.74, 6) is -1.79. The number of benzene rings is 3. The van der Waals surface area contributed by atoms with Crippen LogP contribution in [0.3, 0.4) is 0 Å². The smallest absolute Gasteiger partial charge is 0.255 e. The van der Waals surface area contributed by atoms with Crippen molar-refractivity contribution in [3.63, 3.8) is 0 Å². The van der Waals surface area contributed by atoms with E-state index in [0.29, 0.717) is 42.8 Å². The number of likely N-dealkylation sites (N-methyl/N-ethyl adjacent to an activating group) is 1. The number of hydrogen-bond acceptors (Lipinski definition) is 11. The van der Waals surface area contributed by atoms with Gasteiger partial charge < -0.3 is 35.0 Å². The quantitative estimate of drug-likeness (QED) is 0.0633. The Morgan fingerprint density at radius 1 is 0.940 bits per heavy atom. The number of amides is 2. The van der Waals surface area contributed by atoms with Crippen LogP contribution in [0, 0.1) is 22.9 Å². The minimum absolute atomic E-state index is 0.0154. The van der Waals surface area contributed by atoms with Gasteiger partial charge in [-0.25, -0.2) is 28.1 Å². The number of nitrogens with zero attached hydrogens (tertiary/aromatic N) is 7. The van der Waals surface area contributed by atoms with Gasteiger partial charge in [-0.2, -0.15) is 0 Å². The predicted octanol–water partition coefficient (Wildman–Crippen LogP) is 8.68. The fraction of sp³-hybridized carbons (Fsp3) is 0.460. The molecule has 4 aromatic rings. The molecule has 1 spiro atoms. The number of thioether (sulfide) groups is 1. The van der Waals surface area contributed by atoms with E-state index in [2.05, 4.69) is 42.6 Å². The van der Waals surface area contributed by atoms with Gasteiger partial charge >= 0.3 is 0 Å². The third kappa shape index (κ3) is 11.5. The number of rotatable bonds is 16. The van der Waals surface area contributed by atoms with E-state index < -0.39 is 29.4 Å². The van der Waals surface area contributed by atoms with Crippen LogP contribution in [0.25, 0.3) is 11.3 Å². The van der Waals surface area contributed by atoms with Crippen molar-refractivity contribution >= 4 is 65.0 Å². The highest BCUT2D eigenvalue weighted by molar-refractivity contribution is 8.00. The molecule has 1 aliphatic carbocycles. The first-order valence-corrected chi connectivity index (χ1v) is 23.8. The largest absolute Gasteiger partial charge is 0.369 e. The first-order chi connectivity index (χ1) is 32.1. The first-order valence-electron chi connectivity index (χ1n) is 23.0. The Hall–Kier alpha value is -5.81. The number of anilines is 3. The molecule has 1 saturated carbocycles. The van der Waals surface area contributed by atoms with Gasteiger partial charge in [0, 0.05) is 79.7 Å². The highest BCUT2D eigenvalue weighted by atomic mass is 32.2. The van der Waals surface area contributed by atoms with Crippen LogP contribution in [-0.4, -0.2) is 126 Å². The highest BCUT2D eigenvalue weighted by Crippen LogP contribution is 2.52. The summed E-state index contributed by atoms with van der Waals surface area (Å²) in [4.78, 5) is 70.9. The topological polar surface area (TPSA) is 143 Å². The van der Waals surface area contributed by atoms with Gasteiger partial charge in [0.15, 0.2) is 12.1 Å². The maximum absolute atomic E-state index is 15.5. The molecule has 1 atom stereocenters. The predicted molar refractivity (Wildman–Crippen MR) is 257 cm³/mol. The van der Waals surface area contributed by atoms with E-state index in [-0.39, 0.29) is 69.9 Å². The van der Waals surface area contributed by atoms with Crippen molar-refractivity contribution < 1.29 is 32.3 Å². The Balaban J connectivity index is 0.872. The summed E-state index contributed by atoms with van der Waals surface area (Å²) in [6, 6.07) is 14.7. The van der Waals surface area contributed by atoms with Gasteiger partial charge in [0.2, 0.25) is 11.9 Å². The van der Waals surface area contributed by atoms with E-state index in [4.69, 9.17) is 0 Å². The van der Waals surface area contributed by atoms with Crippen LogP contribution in [0.15, 0.2) is 70.7 Å². The van der Waals surface area contributed by atoms with Gasteiger partial charge in [0.25, 0.3) is 5.91 Å². The molecule has 0 bridgehead atoms. The zero-order chi connectivity index (χ0) is 48.0. The summed E-state index contributed by atoms with van der Waals surface area (Å²) in [7, 11) is 4.83. The standard InChI is InChI=1S/C50H60F3N9O4S/c1-31(2)59(5)32(3)56-44-13-7-33(23-41(44)51)47-43(53)28-55-49(58-47)57-35-8-11-38(12-9-35)67-39-15-19-61(20-16-39)37-26-50(27-37)17-21-62(22-18-50)45-25-40(34(29-63)24-42(45)52)48(66)60(6)36(30-64)10-14-46(65)54-4/h7-9,11-13,23-25,28-31,36-37,39H,10,14-22,26-27H2,1-6H3,(H,54,65)(H,55,57,58). The molecular formula is C50H60F3N9O4S. The van der Waals surface area contributed by atoms with E-state index >= 15 is 8.78 Å². The molecule has 2 N–H and O–H groups in total. The molecular weight excluding hydrogens is 880 g/mol. The highest BCUT2D eigenvalue weighted by Gasteiger charge is 2.48. The average molecular weight is 940 g/mol. The fourth-order valence-corrected chi connectivity index (χ4v) is 10.5. The number of piperidine rings is 2. The van der Waals surface area contributed by atoms with E-state index in [1.54, 1.807) is 6.07 Å². The SMILES string of the molecule is CNC(=O)CCC(C=O)N(C)C(=O)c1cc(N2CCC3(CC2)CC(N2CCC(Sc4ccc(Nc5ncc(F)c(-c6ccc(N=C(C)N(C)C(C)C)c(F)c6)n5)cc4)CC2)C3)c(F)cc1C=O. The molecule has 13 nitrogen and oxygen atoms in total. The second-order valence-corrected chi connectivity index (χ2v) is 19.7. The van der Waals surface area contributed by atoms with Crippen molar-refractivity contribution in [1.82, 2.24) is 30.0 Å². The average Bonchev–Trinajstić information content (AvgIpc) is 3.32. The monoisotopic (exact) mass is 939 g/mol. The molecule has 1 unspecified atom stereocenters. The molecule has 17 heteroatoms. The van der Waals surface area contributed by atoms with Gasteiger partial charge in [-0.15, -0.1) is 11.8 Å². The zero-order valence-corrected chi connectivity index (χ0v) is 39.8. The van der Waals surface area contributed by atoms with Crippen molar-refractivity contribution in [3.05, 3.63) is 89.4 Å². The lowest BCUT2D eigenvalue weighted by Crippen LogP contribution is -2.56. The molecule has 3 heterocycles. The Morgan fingerprint density at radius 3 is 2.27 bits per heavy atom. The lowest BCUT2D eigenvalue weighted by atomic mass is 9.59. The molecule has 1 aromatic heterocycles. The number of aliphatic imine (C=N–C) groups is 1.